The van der Waals surface area contributed by atoms with E-state index >= 15 is 0 Å². The lowest BCUT2D eigenvalue weighted by atomic mass is 10.0. The normalized spacial score (nSPS) is 10.3. The minimum Gasteiger partial charge on any atom is -0.484 e. The minimum atomic E-state index is -0.222. The van der Waals surface area contributed by atoms with E-state index in [1.807, 2.05) is 49.4 Å². The molecule has 0 atom stereocenters. The van der Waals surface area contributed by atoms with Crippen LogP contribution in [0.4, 0.5) is 5.69 Å². The summed E-state index contributed by atoms with van der Waals surface area (Å²) in [6.45, 7) is 1.95. The van der Waals surface area contributed by atoms with Crippen LogP contribution in [0.1, 0.15) is 28.4 Å². The number of nitrogens with one attached hydrogen (secondary N) is 1. The third kappa shape index (κ3) is 4.82. The molecule has 136 valence electrons. The van der Waals surface area contributed by atoms with E-state index in [2.05, 4.69) is 5.32 Å². The average Bonchev–Trinajstić information content (AvgIpc) is 2.73. The highest BCUT2D eigenvalue weighted by molar-refractivity contribution is 6.09. The van der Waals surface area contributed by atoms with E-state index in [1.54, 1.807) is 36.4 Å². The highest BCUT2D eigenvalue weighted by Gasteiger charge is 2.10. The number of hydrogen-bond donors (Lipinski definition) is 1. The number of benzene rings is 3. The summed E-state index contributed by atoms with van der Waals surface area (Å²) in [5.74, 6) is 0.273. The first-order valence-electron chi connectivity index (χ1n) is 8.87. The smallest absolute Gasteiger partial charge is 0.262 e. The lowest BCUT2D eigenvalue weighted by molar-refractivity contribution is -0.118. The second-order valence-electron chi connectivity index (χ2n) is 6.07. The summed E-state index contributed by atoms with van der Waals surface area (Å²) in [5, 5.41) is 2.86. The molecule has 0 saturated carbocycles. The highest BCUT2D eigenvalue weighted by atomic mass is 16.5. The fourth-order valence-electron chi connectivity index (χ4n) is 2.74. The lowest BCUT2D eigenvalue weighted by Gasteiger charge is -2.11. The van der Waals surface area contributed by atoms with Gasteiger partial charge in [-0.1, -0.05) is 55.5 Å². The van der Waals surface area contributed by atoms with E-state index in [9.17, 15) is 9.59 Å². The van der Waals surface area contributed by atoms with Crippen molar-refractivity contribution in [3.8, 4) is 5.75 Å². The third-order valence-electron chi connectivity index (χ3n) is 4.19. The van der Waals surface area contributed by atoms with Crippen LogP contribution in [-0.2, 0) is 11.2 Å². The number of ether oxygens (including phenoxy) is 1. The predicted octanol–water partition coefficient (Wildman–Crippen LogP) is 4.50. The highest BCUT2D eigenvalue weighted by Crippen LogP contribution is 2.17. The Morgan fingerprint density at radius 1 is 0.815 bits per heavy atom. The van der Waals surface area contributed by atoms with Crippen molar-refractivity contribution in [3.63, 3.8) is 0 Å². The molecule has 1 N–H and O–H groups in total. The second kappa shape index (κ2) is 8.81. The largest absolute Gasteiger partial charge is 0.484 e. The molecule has 3 rings (SSSR count). The number of anilines is 1. The van der Waals surface area contributed by atoms with E-state index in [-0.39, 0.29) is 18.3 Å². The zero-order chi connectivity index (χ0) is 19.1. The maximum absolute atomic E-state index is 12.4. The Hall–Kier alpha value is -3.40. The van der Waals surface area contributed by atoms with Crippen LogP contribution in [0.25, 0.3) is 0 Å². The van der Waals surface area contributed by atoms with Gasteiger partial charge < -0.3 is 10.1 Å². The monoisotopic (exact) mass is 359 g/mol. The van der Waals surface area contributed by atoms with Crippen LogP contribution in [0.2, 0.25) is 0 Å². The lowest BCUT2D eigenvalue weighted by Crippen LogP contribution is -2.20. The summed E-state index contributed by atoms with van der Waals surface area (Å²) in [5.41, 5.74) is 3.10. The van der Waals surface area contributed by atoms with Crippen LogP contribution < -0.4 is 10.1 Å². The predicted molar refractivity (Wildman–Crippen MR) is 106 cm³/mol. The quantitative estimate of drug-likeness (QED) is 0.632. The van der Waals surface area contributed by atoms with Crippen molar-refractivity contribution < 1.29 is 14.3 Å². The number of carbonyl (C=O) groups is 2. The van der Waals surface area contributed by atoms with E-state index in [1.165, 1.54) is 0 Å². The van der Waals surface area contributed by atoms with Gasteiger partial charge in [-0.3, -0.25) is 9.59 Å². The Morgan fingerprint density at radius 3 is 2.15 bits per heavy atom. The van der Waals surface area contributed by atoms with Crippen molar-refractivity contribution in [2.24, 2.45) is 0 Å². The third-order valence-corrected chi connectivity index (χ3v) is 4.19. The van der Waals surface area contributed by atoms with Gasteiger partial charge in [-0.25, -0.2) is 0 Å². The number of amides is 1. The van der Waals surface area contributed by atoms with Gasteiger partial charge in [0.15, 0.2) is 12.4 Å². The Balaban J connectivity index is 1.57. The summed E-state index contributed by atoms with van der Waals surface area (Å²) in [7, 11) is 0. The molecule has 0 radical (unpaired) electrons. The summed E-state index contributed by atoms with van der Waals surface area (Å²) >= 11 is 0. The molecular formula is C23H21NO3. The Morgan fingerprint density at radius 2 is 1.44 bits per heavy atom. The Kier molecular flexibility index (Phi) is 6.00. The summed E-state index contributed by atoms with van der Waals surface area (Å²) in [6, 6.07) is 23.6. The zero-order valence-electron chi connectivity index (χ0n) is 15.1. The molecule has 3 aromatic carbocycles. The van der Waals surface area contributed by atoms with E-state index in [0.29, 0.717) is 16.9 Å². The number of carbonyl (C=O) groups excluding carboxylic acids is 2. The fourth-order valence-corrected chi connectivity index (χ4v) is 2.74. The molecule has 4 nitrogen and oxygen atoms in total. The Bertz CT molecular complexity index is 918. The SMILES string of the molecule is CCc1ccccc1NC(=O)COc1ccc(C(=O)c2ccccc2)cc1. The molecule has 27 heavy (non-hydrogen) atoms. The number of rotatable bonds is 7. The molecule has 0 aliphatic carbocycles. The first-order valence-corrected chi connectivity index (χ1v) is 8.87. The van der Waals surface area contributed by atoms with Gasteiger partial charge in [-0.2, -0.15) is 0 Å². The number of aryl methyl sites for hydroxylation is 1. The molecule has 0 bridgehead atoms. The molecule has 0 heterocycles. The van der Waals surface area contributed by atoms with E-state index in [4.69, 9.17) is 4.74 Å². The van der Waals surface area contributed by atoms with Gasteiger partial charge in [0.1, 0.15) is 5.75 Å². The standard InChI is InChI=1S/C23H21NO3/c1-2-17-8-6-7-11-21(17)24-22(25)16-27-20-14-12-19(13-15-20)23(26)18-9-4-3-5-10-18/h3-15H,2,16H2,1H3,(H,24,25). The average molecular weight is 359 g/mol. The van der Waals surface area contributed by atoms with Gasteiger partial charge >= 0.3 is 0 Å². The van der Waals surface area contributed by atoms with Crippen LogP contribution in [0, 0.1) is 0 Å². The van der Waals surface area contributed by atoms with Gasteiger partial charge in [-0.15, -0.1) is 0 Å². The molecule has 0 aromatic heterocycles. The topological polar surface area (TPSA) is 55.4 Å². The first-order chi connectivity index (χ1) is 13.2. The number of ketones is 1. The van der Waals surface area contributed by atoms with E-state index < -0.39 is 0 Å². The van der Waals surface area contributed by atoms with Crippen molar-refractivity contribution in [2.45, 2.75) is 13.3 Å². The van der Waals surface area contributed by atoms with Crippen molar-refractivity contribution in [1.29, 1.82) is 0 Å². The molecule has 0 fully saturated rings. The van der Waals surface area contributed by atoms with Gasteiger partial charge in [0.05, 0.1) is 0 Å². The first kappa shape index (κ1) is 18.4. The Labute approximate surface area is 158 Å². The summed E-state index contributed by atoms with van der Waals surface area (Å²) in [4.78, 5) is 24.5. The van der Waals surface area contributed by atoms with Crippen LogP contribution in [-0.4, -0.2) is 18.3 Å². The molecule has 0 saturated heterocycles. The van der Waals surface area contributed by atoms with Crippen LogP contribution >= 0.6 is 0 Å². The van der Waals surface area contributed by atoms with Crippen molar-refractivity contribution in [1.82, 2.24) is 0 Å². The number of para-hydroxylation sites is 1. The van der Waals surface area contributed by atoms with Gasteiger partial charge in [0.2, 0.25) is 0 Å². The number of hydrogen-bond acceptors (Lipinski definition) is 3. The van der Waals surface area contributed by atoms with Gasteiger partial charge in [0, 0.05) is 16.8 Å². The maximum Gasteiger partial charge on any atom is 0.262 e. The van der Waals surface area contributed by atoms with Crippen LogP contribution in [0.3, 0.4) is 0 Å². The van der Waals surface area contributed by atoms with Gasteiger partial charge in [0.25, 0.3) is 5.91 Å². The van der Waals surface area contributed by atoms with Crippen molar-refractivity contribution in [2.75, 3.05) is 11.9 Å². The molecule has 4 heteroatoms. The maximum atomic E-state index is 12.4. The van der Waals surface area contributed by atoms with Gasteiger partial charge in [-0.05, 0) is 42.3 Å². The molecule has 0 unspecified atom stereocenters. The molecule has 0 aliphatic heterocycles. The molecule has 0 spiro atoms. The van der Waals surface area contributed by atoms with E-state index in [0.717, 1.165) is 17.7 Å². The fraction of sp³-hybridized carbons (Fsp3) is 0.130. The zero-order valence-corrected chi connectivity index (χ0v) is 15.1. The van der Waals surface area contributed by atoms with Crippen LogP contribution in [0.15, 0.2) is 78.9 Å². The molecule has 1 amide bonds. The molecule has 0 aliphatic rings. The van der Waals surface area contributed by atoms with Crippen molar-refractivity contribution >= 4 is 17.4 Å². The van der Waals surface area contributed by atoms with Crippen molar-refractivity contribution in [3.05, 3.63) is 95.6 Å². The summed E-state index contributed by atoms with van der Waals surface area (Å²) < 4.78 is 5.53. The summed E-state index contributed by atoms with van der Waals surface area (Å²) in [6.07, 6.45) is 0.841. The molecular weight excluding hydrogens is 338 g/mol. The molecule has 3 aromatic rings. The minimum absolute atomic E-state index is 0.0453. The van der Waals surface area contributed by atoms with Crippen LogP contribution in [0.5, 0.6) is 5.75 Å². The second-order valence-corrected chi connectivity index (χ2v) is 6.07.